The third-order valence-corrected chi connectivity index (χ3v) is 7.75. The lowest BCUT2D eigenvalue weighted by atomic mass is 10.1. The molecule has 1 aromatic heterocycles. The normalized spacial score (nSPS) is 13.5. The van der Waals surface area contributed by atoms with Crippen LogP contribution in [0, 0.1) is 0 Å². The molecule has 3 aromatic carbocycles. The van der Waals surface area contributed by atoms with Crippen LogP contribution in [-0.2, 0) is 13.1 Å². The molecule has 11 nitrogen and oxygen atoms in total. The number of benzene rings is 3. The summed E-state index contributed by atoms with van der Waals surface area (Å²) in [6.07, 6.45) is 0. The van der Waals surface area contributed by atoms with Crippen LogP contribution in [-0.4, -0.2) is 74.2 Å². The van der Waals surface area contributed by atoms with Gasteiger partial charge in [-0.2, -0.15) is 4.99 Å². The highest BCUT2D eigenvalue weighted by Crippen LogP contribution is 2.40. The third-order valence-electron chi connectivity index (χ3n) is 7.50. The Morgan fingerprint density at radius 2 is 1.56 bits per heavy atom. The van der Waals surface area contributed by atoms with Crippen molar-refractivity contribution in [1.82, 2.24) is 14.8 Å². The van der Waals surface area contributed by atoms with Crippen molar-refractivity contribution in [2.24, 2.45) is 16.5 Å². The molecule has 45 heavy (non-hydrogen) atoms. The number of ether oxygens (including phenoxy) is 3. The van der Waals surface area contributed by atoms with Gasteiger partial charge in [0.15, 0.2) is 17.5 Å². The Morgan fingerprint density at radius 3 is 2.18 bits per heavy atom. The van der Waals surface area contributed by atoms with Gasteiger partial charge in [0.1, 0.15) is 5.69 Å². The predicted molar refractivity (Wildman–Crippen MR) is 181 cm³/mol. The highest BCUT2D eigenvalue weighted by Gasteiger charge is 2.22. The number of hydrogen-bond donors (Lipinski definition) is 3. The van der Waals surface area contributed by atoms with E-state index in [0.717, 1.165) is 61.5 Å². The molecular formula is C32H37Cl2N7O4. The van der Waals surface area contributed by atoms with Gasteiger partial charge in [-0.05, 0) is 54.1 Å². The number of anilines is 2. The van der Waals surface area contributed by atoms with Crippen LogP contribution < -0.4 is 31.0 Å². The molecule has 0 atom stereocenters. The lowest BCUT2D eigenvalue weighted by molar-refractivity contribution is 0.0998. The largest absolute Gasteiger partial charge is 0.493 e. The van der Waals surface area contributed by atoms with Crippen molar-refractivity contribution in [2.75, 3.05) is 52.8 Å². The Morgan fingerprint density at radius 1 is 0.889 bits per heavy atom. The Kier molecular flexibility index (Phi) is 11.3. The molecule has 1 aliphatic heterocycles. The van der Waals surface area contributed by atoms with Crippen molar-refractivity contribution in [1.29, 1.82) is 0 Å². The summed E-state index contributed by atoms with van der Waals surface area (Å²) in [5, 5.41) is 4.90. The zero-order valence-corrected chi connectivity index (χ0v) is 27.0. The van der Waals surface area contributed by atoms with E-state index in [9.17, 15) is 4.79 Å². The van der Waals surface area contributed by atoms with E-state index in [1.165, 1.54) is 0 Å². The van der Waals surface area contributed by atoms with E-state index in [4.69, 9.17) is 37.3 Å². The zero-order chi connectivity index (χ0) is 31.2. The average Bonchev–Trinajstić information content (AvgIpc) is 3.02. The number of nitrogens with zero attached hydrogens (tertiary/aromatic N) is 4. The molecule has 1 saturated heterocycles. The molecule has 2 heterocycles. The summed E-state index contributed by atoms with van der Waals surface area (Å²) in [6.45, 7) is 5.16. The van der Waals surface area contributed by atoms with Crippen LogP contribution in [0.25, 0.3) is 10.9 Å². The van der Waals surface area contributed by atoms with Gasteiger partial charge in [0.25, 0.3) is 5.91 Å². The van der Waals surface area contributed by atoms with E-state index in [0.29, 0.717) is 33.5 Å². The molecule has 0 saturated carbocycles. The molecule has 13 heteroatoms. The van der Waals surface area contributed by atoms with Crippen LogP contribution in [0.2, 0.25) is 5.02 Å². The minimum atomic E-state index is -0.612. The molecular weight excluding hydrogens is 617 g/mol. The molecule has 4 aromatic rings. The van der Waals surface area contributed by atoms with Crippen LogP contribution >= 0.6 is 24.0 Å². The van der Waals surface area contributed by atoms with E-state index in [-0.39, 0.29) is 24.1 Å². The number of aromatic nitrogens is 1. The standard InChI is InChI=1S/C32H36ClN7O4.ClH/c1-42-28-11-5-21(29(43-2)30(28)44-3)19-40-14-12-39(13-15-40)18-20-4-10-25-24(16-20)26(36-23-8-6-22(33)7-9-23)17-27(37-25)31(41)38-32(34)35;/h4-11,16-17H,12-15,18-19H2,1-3H3,(H,36,37)(H4,34,35,38,41);1H. The second-order valence-corrected chi connectivity index (χ2v) is 10.9. The number of fused-ring (bicyclic) bond motifs is 1. The smallest absolute Gasteiger partial charge is 0.298 e. The van der Waals surface area contributed by atoms with Gasteiger partial charge in [-0.1, -0.05) is 23.7 Å². The zero-order valence-electron chi connectivity index (χ0n) is 25.4. The van der Waals surface area contributed by atoms with Gasteiger partial charge in [0.2, 0.25) is 5.75 Å². The van der Waals surface area contributed by atoms with E-state index in [1.54, 1.807) is 39.5 Å². The van der Waals surface area contributed by atoms with Gasteiger partial charge in [-0.15, -0.1) is 12.4 Å². The maximum atomic E-state index is 12.6. The summed E-state index contributed by atoms with van der Waals surface area (Å²) < 4.78 is 16.7. The number of carbonyl (C=O) groups excluding carboxylic acids is 1. The molecule has 1 amide bonds. The quantitative estimate of drug-likeness (QED) is 0.161. The molecule has 1 aliphatic rings. The highest BCUT2D eigenvalue weighted by atomic mass is 35.5. The predicted octanol–water partition coefficient (Wildman–Crippen LogP) is 4.81. The molecule has 5 rings (SSSR count). The minimum absolute atomic E-state index is 0. The Bertz CT molecular complexity index is 1670. The first-order valence-corrected chi connectivity index (χ1v) is 14.5. The lowest BCUT2D eigenvalue weighted by Gasteiger charge is -2.35. The van der Waals surface area contributed by atoms with Crippen LogP contribution in [0.5, 0.6) is 17.2 Å². The summed E-state index contributed by atoms with van der Waals surface area (Å²) >= 11 is 6.08. The number of pyridine rings is 1. The monoisotopic (exact) mass is 653 g/mol. The fourth-order valence-corrected chi connectivity index (χ4v) is 5.47. The Hall–Kier alpha value is -4.29. The fourth-order valence-electron chi connectivity index (χ4n) is 5.34. The van der Waals surface area contributed by atoms with Gasteiger partial charge in [-0.25, -0.2) is 4.98 Å². The van der Waals surface area contributed by atoms with Crippen LogP contribution in [0.15, 0.2) is 65.7 Å². The number of methoxy groups -OCH3 is 3. The maximum Gasteiger partial charge on any atom is 0.298 e. The Balaban J connectivity index is 0.00000461. The molecule has 1 fully saturated rings. The number of carbonyl (C=O) groups is 1. The molecule has 0 aliphatic carbocycles. The van der Waals surface area contributed by atoms with Crippen LogP contribution in [0.1, 0.15) is 21.6 Å². The van der Waals surface area contributed by atoms with Crippen LogP contribution in [0.4, 0.5) is 11.4 Å². The molecule has 0 radical (unpaired) electrons. The number of amides is 1. The van der Waals surface area contributed by atoms with Gasteiger partial charge in [0.05, 0.1) is 32.5 Å². The minimum Gasteiger partial charge on any atom is -0.493 e. The van der Waals surface area contributed by atoms with E-state index < -0.39 is 5.91 Å². The first kappa shape index (κ1) is 33.6. The van der Waals surface area contributed by atoms with Crippen molar-refractivity contribution < 1.29 is 19.0 Å². The number of nitrogens with one attached hydrogen (secondary N) is 1. The van der Waals surface area contributed by atoms with Crippen molar-refractivity contribution >= 4 is 58.2 Å². The van der Waals surface area contributed by atoms with Crippen molar-refractivity contribution in [3.63, 3.8) is 0 Å². The molecule has 0 bridgehead atoms. The second-order valence-electron chi connectivity index (χ2n) is 10.4. The number of rotatable bonds is 10. The van der Waals surface area contributed by atoms with Crippen molar-refractivity contribution in [3.8, 4) is 17.2 Å². The molecule has 0 unspecified atom stereocenters. The number of hydrogen-bond acceptors (Lipinski definition) is 8. The Labute approximate surface area is 273 Å². The number of aliphatic imine (C=N–C) groups is 1. The summed E-state index contributed by atoms with van der Waals surface area (Å²) in [5.41, 5.74) is 15.4. The molecule has 0 spiro atoms. The maximum absolute atomic E-state index is 12.6. The number of halogens is 2. The summed E-state index contributed by atoms with van der Waals surface area (Å²) in [7, 11) is 4.89. The highest BCUT2D eigenvalue weighted by molar-refractivity contribution is 6.30. The number of guanidine groups is 1. The SMILES string of the molecule is COc1ccc(CN2CCN(Cc3ccc4nc(C(=O)N=C(N)N)cc(Nc5ccc(Cl)cc5)c4c3)CC2)c(OC)c1OC.Cl. The molecule has 238 valence electrons. The second kappa shape index (κ2) is 15.1. The average molecular weight is 655 g/mol. The van der Waals surface area contributed by atoms with E-state index >= 15 is 0 Å². The van der Waals surface area contributed by atoms with Crippen LogP contribution in [0.3, 0.4) is 0 Å². The lowest BCUT2D eigenvalue weighted by Crippen LogP contribution is -2.45. The summed E-state index contributed by atoms with van der Waals surface area (Å²) in [5.74, 6) is 1.02. The van der Waals surface area contributed by atoms with Gasteiger partial charge in [0, 0.05) is 60.9 Å². The van der Waals surface area contributed by atoms with E-state index in [1.807, 2.05) is 36.4 Å². The van der Waals surface area contributed by atoms with Gasteiger partial charge < -0.3 is 31.0 Å². The number of nitrogens with two attached hydrogens (primary N) is 2. The fraction of sp³-hybridized carbons (Fsp3) is 0.281. The summed E-state index contributed by atoms with van der Waals surface area (Å²) in [4.78, 5) is 25.7. The van der Waals surface area contributed by atoms with E-state index in [2.05, 4.69) is 31.2 Å². The first-order chi connectivity index (χ1) is 21.3. The first-order valence-electron chi connectivity index (χ1n) is 14.1. The van der Waals surface area contributed by atoms with Gasteiger partial charge in [-0.3, -0.25) is 14.6 Å². The topological polar surface area (TPSA) is 141 Å². The third kappa shape index (κ3) is 8.06. The molecule has 5 N–H and O–H groups in total. The van der Waals surface area contributed by atoms with Crippen molar-refractivity contribution in [2.45, 2.75) is 13.1 Å². The summed E-state index contributed by atoms with van der Waals surface area (Å²) in [6, 6.07) is 19.0. The van der Waals surface area contributed by atoms with Gasteiger partial charge >= 0.3 is 0 Å². The number of piperazine rings is 1. The van der Waals surface area contributed by atoms with Crippen molar-refractivity contribution in [3.05, 3.63) is 82.5 Å².